The lowest BCUT2D eigenvalue weighted by molar-refractivity contribution is -0.116. The van der Waals surface area contributed by atoms with Crippen LogP contribution in [0.1, 0.15) is 46.5 Å². The fourth-order valence-corrected chi connectivity index (χ4v) is 4.07. The summed E-state index contributed by atoms with van der Waals surface area (Å²) in [6.45, 7) is 6.15. The molecule has 3 rings (SSSR count). The average Bonchev–Trinajstić information content (AvgIpc) is 2.56. The van der Waals surface area contributed by atoms with E-state index >= 15 is 0 Å². The largest absolute Gasteiger partial charge is 0.362 e. The Bertz CT molecular complexity index is 808. The number of hydrogen-bond acceptors (Lipinski definition) is 3. The molecule has 0 saturated carbocycles. The molecule has 5 heteroatoms. The smallest absolute Gasteiger partial charge is 0.254 e. The van der Waals surface area contributed by atoms with Crippen molar-refractivity contribution in [2.75, 3.05) is 5.32 Å². The van der Waals surface area contributed by atoms with Gasteiger partial charge in [-0.3, -0.25) is 9.59 Å². The third-order valence-electron chi connectivity index (χ3n) is 4.97. The van der Waals surface area contributed by atoms with Gasteiger partial charge in [0.15, 0.2) is 5.78 Å². The first-order valence-corrected chi connectivity index (χ1v) is 9.56. The molecule has 1 amide bonds. The highest BCUT2D eigenvalue weighted by molar-refractivity contribution is 6.33. The lowest BCUT2D eigenvalue weighted by Crippen LogP contribution is -2.37. The maximum Gasteiger partial charge on any atom is 0.254 e. The number of allylic oxidation sites excluding steroid dienone is 3. The number of anilines is 1. The molecule has 0 spiro atoms. The monoisotopic (exact) mass is 372 g/mol. The van der Waals surface area contributed by atoms with Crippen LogP contribution in [0.5, 0.6) is 0 Å². The van der Waals surface area contributed by atoms with Crippen LogP contribution in [0, 0.1) is 11.8 Å². The van der Waals surface area contributed by atoms with Crippen molar-refractivity contribution in [3.8, 4) is 0 Å². The minimum atomic E-state index is -0.196. The molecule has 1 aromatic rings. The number of nitrogens with one attached hydrogen (secondary N) is 2. The molecule has 0 aromatic heterocycles. The molecular weight excluding hydrogens is 348 g/mol. The first-order valence-electron chi connectivity index (χ1n) is 9.18. The Morgan fingerprint density at radius 1 is 1.31 bits per heavy atom. The SMILES string of the molecule is CC1=C(C(=O)Nc2ccccc2Cl)C(CC(C)C)C2=C(CCCC2=O)N1. The third kappa shape index (κ3) is 3.70. The molecule has 2 aliphatic rings. The molecule has 0 fully saturated rings. The van der Waals surface area contributed by atoms with E-state index in [1.807, 2.05) is 19.1 Å². The van der Waals surface area contributed by atoms with E-state index in [2.05, 4.69) is 24.5 Å². The second-order valence-electron chi connectivity index (χ2n) is 7.45. The molecule has 4 nitrogen and oxygen atoms in total. The Balaban J connectivity index is 1.96. The second-order valence-corrected chi connectivity index (χ2v) is 7.86. The number of ketones is 1. The number of carbonyl (C=O) groups excluding carboxylic acids is 2. The highest BCUT2D eigenvalue weighted by Gasteiger charge is 2.37. The lowest BCUT2D eigenvalue weighted by atomic mass is 9.75. The van der Waals surface area contributed by atoms with Gasteiger partial charge < -0.3 is 10.6 Å². The van der Waals surface area contributed by atoms with E-state index in [1.54, 1.807) is 12.1 Å². The Labute approximate surface area is 159 Å². The van der Waals surface area contributed by atoms with Gasteiger partial charge in [-0.05, 0) is 44.2 Å². The molecule has 1 aromatic carbocycles. The summed E-state index contributed by atoms with van der Waals surface area (Å²) in [5.41, 5.74) is 3.86. The van der Waals surface area contributed by atoms with Crippen LogP contribution in [-0.2, 0) is 9.59 Å². The molecular formula is C21H25ClN2O2. The maximum atomic E-state index is 13.1. The van der Waals surface area contributed by atoms with Gasteiger partial charge in [0.2, 0.25) is 0 Å². The van der Waals surface area contributed by atoms with E-state index in [0.29, 0.717) is 28.6 Å². The molecule has 1 aliphatic carbocycles. The molecule has 1 aliphatic heterocycles. The quantitative estimate of drug-likeness (QED) is 0.796. The van der Waals surface area contributed by atoms with Crippen molar-refractivity contribution in [2.45, 2.75) is 46.5 Å². The lowest BCUT2D eigenvalue weighted by Gasteiger charge is -2.35. The van der Waals surface area contributed by atoms with Gasteiger partial charge in [0.25, 0.3) is 5.91 Å². The van der Waals surface area contributed by atoms with Crippen LogP contribution in [0.4, 0.5) is 5.69 Å². The second kappa shape index (κ2) is 7.67. The predicted octanol–water partition coefficient (Wildman–Crippen LogP) is 4.83. The van der Waals surface area contributed by atoms with E-state index in [9.17, 15) is 9.59 Å². The number of rotatable bonds is 4. The summed E-state index contributed by atoms with van der Waals surface area (Å²) < 4.78 is 0. The van der Waals surface area contributed by atoms with Crippen LogP contribution in [0.2, 0.25) is 5.02 Å². The van der Waals surface area contributed by atoms with E-state index in [0.717, 1.165) is 36.2 Å². The van der Waals surface area contributed by atoms with Crippen LogP contribution in [0.3, 0.4) is 0 Å². The number of para-hydroxylation sites is 1. The van der Waals surface area contributed by atoms with Crippen molar-refractivity contribution in [2.24, 2.45) is 11.8 Å². The zero-order valence-corrected chi connectivity index (χ0v) is 16.2. The summed E-state index contributed by atoms with van der Waals surface area (Å²) >= 11 is 6.19. The van der Waals surface area contributed by atoms with Gasteiger partial charge in [-0.1, -0.05) is 37.6 Å². The zero-order chi connectivity index (χ0) is 18.8. The fourth-order valence-electron chi connectivity index (χ4n) is 3.89. The molecule has 0 radical (unpaired) electrons. The van der Waals surface area contributed by atoms with Crippen molar-refractivity contribution in [1.82, 2.24) is 5.32 Å². The average molecular weight is 373 g/mol. The van der Waals surface area contributed by atoms with Gasteiger partial charge in [0.1, 0.15) is 0 Å². The van der Waals surface area contributed by atoms with E-state index < -0.39 is 0 Å². The van der Waals surface area contributed by atoms with Crippen LogP contribution >= 0.6 is 11.6 Å². The molecule has 1 unspecified atom stereocenters. The first kappa shape index (κ1) is 18.7. The van der Waals surface area contributed by atoms with Crippen LogP contribution in [0.25, 0.3) is 0 Å². The van der Waals surface area contributed by atoms with Crippen molar-refractivity contribution in [3.63, 3.8) is 0 Å². The predicted molar refractivity (Wildman–Crippen MR) is 105 cm³/mol. The summed E-state index contributed by atoms with van der Waals surface area (Å²) in [4.78, 5) is 25.7. The van der Waals surface area contributed by atoms with Crippen molar-refractivity contribution in [3.05, 3.63) is 51.8 Å². The highest BCUT2D eigenvalue weighted by Crippen LogP contribution is 2.39. The molecule has 1 atom stereocenters. The van der Waals surface area contributed by atoms with Crippen molar-refractivity contribution >= 4 is 29.0 Å². The van der Waals surface area contributed by atoms with Gasteiger partial charge >= 0.3 is 0 Å². The zero-order valence-electron chi connectivity index (χ0n) is 15.5. The standard InChI is InChI=1S/C21H25ClN2O2/c1-12(2)11-14-19(21(26)24-16-8-5-4-7-15(16)22)13(3)23-17-9-6-10-18(25)20(14)17/h4-5,7-8,12,14,23H,6,9-11H2,1-3H3,(H,24,26). The van der Waals surface area contributed by atoms with Gasteiger partial charge in [0.05, 0.1) is 10.7 Å². The van der Waals surface area contributed by atoms with Gasteiger partial charge in [-0.25, -0.2) is 0 Å². The number of carbonyl (C=O) groups is 2. The minimum absolute atomic E-state index is 0.165. The Kier molecular flexibility index (Phi) is 5.52. The number of amides is 1. The first-order chi connectivity index (χ1) is 12.4. The summed E-state index contributed by atoms with van der Waals surface area (Å²) in [5, 5.41) is 6.75. The summed E-state index contributed by atoms with van der Waals surface area (Å²) in [6, 6.07) is 7.18. The van der Waals surface area contributed by atoms with E-state index in [4.69, 9.17) is 11.6 Å². The molecule has 26 heavy (non-hydrogen) atoms. The summed E-state index contributed by atoms with van der Waals surface area (Å²) in [5.74, 6) is 0.178. The molecule has 0 bridgehead atoms. The number of halogens is 1. The van der Waals surface area contributed by atoms with E-state index in [1.165, 1.54) is 0 Å². The molecule has 2 N–H and O–H groups in total. The van der Waals surface area contributed by atoms with Gasteiger partial charge in [0, 0.05) is 34.9 Å². The Hall–Kier alpha value is -2.07. The Morgan fingerprint density at radius 3 is 2.73 bits per heavy atom. The van der Waals surface area contributed by atoms with Crippen LogP contribution < -0.4 is 10.6 Å². The third-order valence-corrected chi connectivity index (χ3v) is 5.30. The maximum absolute atomic E-state index is 13.1. The topological polar surface area (TPSA) is 58.2 Å². The Morgan fingerprint density at radius 2 is 2.04 bits per heavy atom. The number of benzene rings is 1. The highest BCUT2D eigenvalue weighted by atomic mass is 35.5. The summed E-state index contributed by atoms with van der Waals surface area (Å²) in [7, 11) is 0. The molecule has 1 heterocycles. The summed E-state index contributed by atoms with van der Waals surface area (Å²) in [6.07, 6.45) is 3.07. The normalized spacial score (nSPS) is 20.2. The molecule has 0 saturated heterocycles. The van der Waals surface area contributed by atoms with E-state index in [-0.39, 0.29) is 17.6 Å². The number of dihydropyridines is 1. The molecule has 138 valence electrons. The van der Waals surface area contributed by atoms with Gasteiger partial charge in [-0.15, -0.1) is 0 Å². The fraction of sp³-hybridized carbons (Fsp3) is 0.429. The van der Waals surface area contributed by atoms with Crippen molar-refractivity contribution < 1.29 is 9.59 Å². The van der Waals surface area contributed by atoms with Crippen molar-refractivity contribution in [1.29, 1.82) is 0 Å². The number of hydrogen-bond donors (Lipinski definition) is 2. The van der Waals surface area contributed by atoms with Gasteiger partial charge in [-0.2, -0.15) is 0 Å². The van der Waals surface area contributed by atoms with Crippen LogP contribution in [0.15, 0.2) is 46.8 Å². The minimum Gasteiger partial charge on any atom is -0.362 e. The van der Waals surface area contributed by atoms with Crippen LogP contribution in [-0.4, -0.2) is 11.7 Å². The number of Topliss-reactive ketones (excluding diaryl/α,β-unsaturated/α-hetero) is 1.